The van der Waals surface area contributed by atoms with Gasteiger partial charge in [0.15, 0.2) is 0 Å². The monoisotopic (exact) mass is 528 g/mol. The quantitative estimate of drug-likeness (QED) is 0.136. The van der Waals surface area contributed by atoms with Crippen molar-refractivity contribution in [1.29, 1.82) is 0 Å². The number of phenolic OH excluding ortho intramolecular Hbond substituents is 1. The molecule has 0 aliphatic heterocycles. The van der Waals surface area contributed by atoms with Crippen LogP contribution < -0.4 is 10.8 Å². The molecule has 2 aromatic carbocycles. The average molecular weight is 528 g/mol. The number of nitrogens with one attached hydrogen (secondary N) is 2. The Kier molecular flexibility index (Phi) is 8.80. The molecule has 2 atom stereocenters. The van der Waals surface area contributed by atoms with Gasteiger partial charge < -0.3 is 9.84 Å². The molecule has 0 fully saturated rings. The van der Waals surface area contributed by atoms with Crippen LogP contribution in [-0.2, 0) is 9.53 Å². The van der Waals surface area contributed by atoms with Gasteiger partial charge in [0, 0.05) is 31.7 Å². The van der Waals surface area contributed by atoms with E-state index >= 15 is 0 Å². The largest absolute Gasteiger partial charge is 0.508 e. The maximum atomic E-state index is 12.5. The van der Waals surface area contributed by atoms with E-state index in [4.69, 9.17) is 9.94 Å². The molecule has 0 aliphatic carbocycles. The second kappa shape index (κ2) is 11.1. The van der Waals surface area contributed by atoms with Gasteiger partial charge in [-0.15, -0.1) is 11.8 Å². The zero-order valence-electron chi connectivity index (χ0n) is 15.8. The van der Waals surface area contributed by atoms with Crippen LogP contribution in [0.2, 0.25) is 0 Å². The number of anilines is 1. The number of carbonyl (C=O) groups excluding carboxylic acids is 2. The molecule has 0 saturated heterocycles. The molecule has 4 N–H and O–H groups in total. The Morgan fingerprint density at radius 1 is 1.21 bits per heavy atom. The van der Waals surface area contributed by atoms with Crippen molar-refractivity contribution in [3.8, 4) is 5.75 Å². The van der Waals surface area contributed by atoms with Crippen molar-refractivity contribution in [2.75, 3.05) is 11.6 Å². The fourth-order valence-electron chi connectivity index (χ4n) is 2.52. The molecule has 7 nitrogen and oxygen atoms in total. The number of carbonyl (C=O) groups is 2. The van der Waals surface area contributed by atoms with Crippen molar-refractivity contribution >= 4 is 52.0 Å². The van der Waals surface area contributed by atoms with E-state index in [0.29, 0.717) is 11.3 Å². The number of phenols is 1. The Labute approximate surface area is 186 Å². The second-order valence-electron chi connectivity index (χ2n) is 6.08. The molecule has 0 aromatic heterocycles. The summed E-state index contributed by atoms with van der Waals surface area (Å²) in [4.78, 5) is 24.8. The van der Waals surface area contributed by atoms with Crippen LogP contribution in [0.25, 0.3) is 0 Å². The van der Waals surface area contributed by atoms with E-state index in [1.54, 1.807) is 43.0 Å². The Balaban J connectivity index is 2.23. The lowest BCUT2D eigenvalue weighted by Crippen LogP contribution is -2.22. The van der Waals surface area contributed by atoms with Gasteiger partial charge in [-0.1, -0.05) is 13.0 Å². The predicted molar refractivity (Wildman–Crippen MR) is 120 cm³/mol. The first kappa shape index (κ1) is 23.0. The van der Waals surface area contributed by atoms with Crippen LogP contribution in [0, 0.1) is 9.49 Å². The lowest BCUT2D eigenvalue weighted by Gasteiger charge is -2.23. The van der Waals surface area contributed by atoms with Crippen molar-refractivity contribution < 1.29 is 24.6 Å². The van der Waals surface area contributed by atoms with E-state index in [1.165, 1.54) is 17.6 Å². The van der Waals surface area contributed by atoms with E-state index in [2.05, 4.69) is 27.9 Å². The summed E-state index contributed by atoms with van der Waals surface area (Å²) < 4.78 is 6.45. The molecular formula is C20H21IN2O5S. The molecule has 2 amide bonds. The molecule has 0 bridgehead atoms. The molecule has 0 saturated carbocycles. The number of rotatable bonds is 7. The molecule has 0 radical (unpaired) electrons. The molecule has 2 rings (SSSR count). The molecule has 0 spiro atoms. The number of thioether (sulfide) groups is 1. The first-order valence-electron chi connectivity index (χ1n) is 8.56. The van der Waals surface area contributed by atoms with Crippen molar-refractivity contribution in [1.82, 2.24) is 5.48 Å². The van der Waals surface area contributed by atoms with Gasteiger partial charge in [-0.2, -0.15) is 0 Å². The number of halogens is 1. The van der Waals surface area contributed by atoms with Gasteiger partial charge >= 0.3 is 6.09 Å². The number of hydrogen-bond acceptors (Lipinski definition) is 6. The number of amides is 2. The molecule has 0 heterocycles. The van der Waals surface area contributed by atoms with E-state index in [1.807, 2.05) is 18.4 Å². The third-order valence-corrected chi connectivity index (χ3v) is 5.42. The molecule has 0 aliphatic rings. The summed E-state index contributed by atoms with van der Waals surface area (Å²) in [5, 5.41) is 21.6. The molecule has 154 valence electrons. The van der Waals surface area contributed by atoms with Crippen LogP contribution in [0.1, 0.15) is 18.6 Å². The fraction of sp³-hybridized carbons (Fsp3) is 0.200. The summed E-state index contributed by atoms with van der Waals surface area (Å²) in [7, 11) is 0. The number of aromatic hydroxyl groups is 1. The van der Waals surface area contributed by atoms with Crippen LogP contribution in [-0.4, -0.2) is 28.6 Å². The average Bonchev–Trinajstić information content (AvgIpc) is 2.72. The highest BCUT2D eigenvalue weighted by Gasteiger charge is 2.25. The molecule has 2 aromatic rings. The second-order valence-corrected chi connectivity index (χ2v) is 8.20. The maximum absolute atomic E-state index is 12.5. The topological polar surface area (TPSA) is 108 Å². The SMILES string of the molecule is CSc1ccc(NC(=O)O[C@@H](c2cc(I)ccc2O)[C@@H](C)/C=C/C(=O)NO)cc1. The summed E-state index contributed by atoms with van der Waals surface area (Å²) >= 11 is 3.68. The lowest BCUT2D eigenvalue weighted by atomic mass is 9.96. The number of ether oxygens (including phenoxy) is 1. The smallest absolute Gasteiger partial charge is 0.412 e. The summed E-state index contributed by atoms with van der Waals surface area (Å²) in [6, 6.07) is 12.2. The Morgan fingerprint density at radius 2 is 1.90 bits per heavy atom. The van der Waals surface area contributed by atoms with Gasteiger partial charge in [0.05, 0.1) is 0 Å². The van der Waals surface area contributed by atoms with Crippen molar-refractivity contribution in [3.63, 3.8) is 0 Å². The van der Waals surface area contributed by atoms with Crippen molar-refractivity contribution in [2.45, 2.75) is 17.9 Å². The van der Waals surface area contributed by atoms with Gasteiger partial charge in [-0.05, 0) is 71.3 Å². The highest BCUT2D eigenvalue weighted by molar-refractivity contribution is 14.1. The van der Waals surface area contributed by atoms with Crippen LogP contribution in [0.5, 0.6) is 5.75 Å². The molecule has 0 unspecified atom stereocenters. The highest BCUT2D eigenvalue weighted by atomic mass is 127. The van der Waals surface area contributed by atoms with Gasteiger partial charge in [0.2, 0.25) is 0 Å². The summed E-state index contributed by atoms with van der Waals surface area (Å²) in [5.74, 6) is -1.21. The van der Waals surface area contributed by atoms with Crippen LogP contribution >= 0.6 is 34.4 Å². The molecule has 29 heavy (non-hydrogen) atoms. The predicted octanol–water partition coefficient (Wildman–Crippen LogP) is 4.71. The first-order valence-corrected chi connectivity index (χ1v) is 10.9. The number of benzene rings is 2. The van der Waals surface area contributed by atoms with Crippen LogP contribution in [0.4, 0.5) is 10.5 Å². The summed E-state index contributed by atoms with van der Waals surface area (Å²) in [6.07, 6.45) is 3.01. The Bertz CT molecular complexity index is 889. The Morgan fingerprint density at radius 3 is 2.52 bits per heavy atom. The minimum Gasteiger partial charge on any atom is -0.508 e. The Hall–Kier alpha value is -2.24. The van der Waals surface area contributed by atoms with Gasteiger partial charge in [0.1, 0.15) is 11.9 Å². The van der Waals surface area contributed by atoms with Crippen LogP contribution in [0.3, 0.4) is 0 Å². The third kappa shape index (κ3) is 6.94. The van der Waals surface area contributed by atoms with Crippen LogP contribution in [0.15, 0.2) is 59.5 Å². The zero-order valence-corrected chi connectivity index (χ0v) is 18.7. The number of hydroxylamine groups is 1. The standard InChI is InChI=1S/C20H21IN2O5S/c1-12(3-10-18(25)23-27)19(16-11-13(21)4-9-17(16)24)28-20(26)22-14-5-7-15(29-2)8-6-14/h3-12,19,24,27H,1-2H3,(H,22,26)(H,23,25)/b10-3+/t12-,19+/m0/s1. The minimum absolute atomic E-state index is 0.0283. The maximum Gasteiger partial charge on any atom is 0.412 e. The zero-order chi connectivity index (χ0) is 21.4. The van der Waals surface area contributed by atoms with Crippen molar-refractivity contribution in [2.24, 2.45) is 5.92 Å². The lowest BCUT2D eigenvalue weighted by molar-refractivity contribution is -0.124. The fourth-order valence-corrected chi connectivity index (χ4v) is 3.45. The summed E-state index contributed by atoms with van der Waals surface area (Å²) in [5.41, 5.74) is 2.48. The van der Waals surface area contributed by atoms with Gasteiger partial charge in [-0.3, -0.25) is 15.3 Å². The highest BCUT2D eigenvalue weighted by Crippen LogP contribution is 2.34. The first-order chi connectivity index (χ1) is 13.8. The van der Waals surface area contributed by atoms with E-state index in [0.717, 1.165) is 14.5 Å². The number of hydrogen-bond donors (Lipinski definition) is 4. The molecule has 9 heteroatoms. The third-order valence-electron chi connectivity index (χ3n) is 4.01. The van der Waals surface area contributed by atoms with E-state index in [-0.39, 0.29) is 5.75 Å². The normalized spacial score (nSPS) is 13.0. The minimum atomic E-state index is -0.863. The van der Waals surface area contributed by atoms with Gasteiger partial charge in [0.25, 0.3) is 5.91 Å². The van der Waals surface area contributed by atoms with E-state index < -0.39 is 24.0 Å². The molecular weight excluding hydrogens is 507 g/mol. The summed E-state index contributed by atoms with van der Waals surface area (Å²) in [6.45, 7) is 1.73. The van der Waals surface area contributed by atoms with Gasteiger partial charge in [-0.25, -0.2) is 10.3 Å². The van der Waals surface area contributed by atoms with Crippen molar-refractivity contribution in [3.05, 3.63) is 63.8 Å². The van der Waals surface area contributed by atoms with E-state index in [9.17, 15) is 14.7 Å².